The van der Waals surface area contributed by atoms with E-state index in [9.17, 15) is 13.5 Å². The van der Waals surface area contributed by atoms with E-state index in [1.807, 2.05) is 37.4 Å². The second-order valence-electron chi connectivity index (χ2n) is 11.0. The van der Waals surface area contributed by atoms with E-state index in [1.54, 1.807) is 39.8 Å². The van der Waals surface area contributed by atoms with E-state index in [0.717, 1.165) is 17.1 Å². The molecule has 1 aromatic carbocycles. The average Bonchev–Trinajstić information content (AvgIpc) is 3.76. The van der Waals surface area contributed by atoms with E-state index in [1.165, 1.54) is 0 Å². The minimum atomic E-state index is -3.68. The Hall–Kier alpha value is -3.60. The summed E-state index contributed by atoms with van der Waals surface area (Å²) in [5.41, 5.74) is 8.83. The molecule has 0 radical (unpaired) electrons. The first-order valence-electron chi connectivity index (χ1n) is 13.7. The third-order valence-electron chi connectivity index (χ3n) is 7.28. The first kappa shape index (κ1) is 28.5. The number of nitrogens with two attached hydrogens (primary N) is 1. The zero-order chi connectivity index (χ0) is 29.3. The topological polar surface area (TPSA) is 192 Å². The number of hydrogen-bond donors (Lipinski definition) is 3. The van der Waals surface area contributed by atoms with Crippen molar-refractivity contribution in [3.8, 4) is 0 Å². The molecule has 14 nitrogen and oxygen atoms in total. The van der Waals surface area contributed by atoms with Gasteiger partial charge in [0.15, 0.2) is 12.0 Å². The summed E-state index contributed by atoms with van der Waals surface area (Å²) in [4.78, 5) is 4.73. The second kappa shape index (κ2) is 11.6. The SMILES string of the molecule is C[C@@H](Cc1cn(Cc2cccc(Cn3cc(CC(NS(=O)(=O)Cc4ccccc4)C4(N)CO4)nn3)n2)nn1)C1OC1O. The first-order valence-corrected chi connectivity index (χ1v) is 15.3. The van der Waals surface area contributed by atoms with Crippen molar-refractivity contribution in [2.75, 3.05) is 6.61 Å². The van der Waals surface area contributed by atoms with Gasteiger partial charge in [0.25, 0.3) is 0 Å². The number of sulfonamides is 1. The lowest BCUT2D eigenvalue weighted by Crippen LogP contribution is -2.52. The Bertz CT molecular complexity index is 1620. The van der Waals surface area contributed by atoms with E-state index in [4.69, 9.17) is 20.2 Å². The van der Waals surface area contributed by atoms with Crippen LogP contribution in [0, 0.1) is 5.92 Å². The van der Waals surface area contributed by atoms with Crippen LogP contribution in [-0.2, 0) is 51.2 Å². The number of benzene rings is 1. The van der Waals surface area contributed by atoms with Crippen molar-refractivity contribution in [2.24, 2.45) is 11.7 Å². The maximum atomic E-state index is 12.9. The largest absolute Gasteiger partial charge is 0.366 e. The summed E-state index contributed by atoms with van der Waals surface area (Å²) < 4.78 is 42.4. The molecule has 5 heterocycles. The van der Waals surface area contributed by atoms with Crippen LogP contribution in [0.2, 0.25) is 0 Å². The highest BCUT2D eigenvalue weighted by Gasteiger charge is 2.49. The number of aliphatic hydroxyl groups excluding tert-OH is 1. The van der Waals surface area contributed by atoms with Crippen LogP contribution in [0.3, 0.4) is 0 Å². The summed E-state index contributed by atoms with van der Waals surface area (Å²) in [6, 6.07) is 14.0. The highest BCUT2D eigenvalue weighted by Crippen LogP contribution is 2.29. The third kappa shape index (κ3) is 7.24. The molecule has 15 heteroatoms. The van der Waals surface area contributed by atoms with Gasteiger partial charge in [-0.05, 0) is 30.0 Å². The third-order valence-corrected chi connectivity index (χ3v) is 8.64. The number of ether oxygens (including phenoxy) is 2. The number of rotatable bonds is 14. The summed E-state index contributed by atoms with van der Waals surface area (Å²) in [6.07, 6.45) is 3.70. The predicted molar refractivity (Wildman–Crippen MR) is 149 cm³/mol. The Morgan fingerprint density at radius 2 is 1.60 bits per heavy atom. The molecule has 42 heavy (non-hydrogen) atoms. The summed E-state index contributed by atoms with van der Waals surface area (Å²) in [7, 11) is -3.68. The van der Waals surface area contributed by atoms with Crippen LogP contribution in [0.5, 0.6) is 0 Å². The molecular formula is C27H33N9O5S. The quantitative estimate of drug-likeness (QED) is 0.166. The molecular weight excluding hydrogens is 562 g/mol. The molecule has 2 aliphatic rings. The molecule has 5 atom stereocenters. The van der Waals surface area contributed by atoms with Crippen molar-refractivity contribution in [1.82, 2.24) is 39.7 Å². The number of aliphatic hydroxyl groups is 1. The number of pyridine rings is 1. The number of aromatic nitrogens is 7. The molecule has 2 saturated heterocycles. The summed E-state index contributed by atoms with van der Waals surface area (Å²) >= 11 is 0. The van der Waals surface area contributed by atoms with Crippen molar-refractivity contribution < 1.29 is 23.0 Å². The van der Waals surface area contributed by atoms with E-state index in [2.05, 4.69) is 25.3 Å². The Labute approximate surface area is 242 Å². The van der Waals surface area contributed by atoms with Crippen LogP contribution in [-0.4, -0.2) is 79.3 Å². The van der Waals surface area contributed by atoms with Gasteiger partial charge in [-0.2, -0.15) is 0 Å². The fourth-order valence-electron chi connectivity index (χ4n) is 4.89. The van der Waals surface area contributed by atoms with Crippen LogP contribution in [0.1, 0.15) is 35.3 Å². The highest BCUT2D eigenvalue weighted by atomic mass is 32.2. The van der Waals surface area contributed by atoms with Gasteiger partial charge in [-0.3, -0.25) is 4.98 Å². The Morgan fingerprint density at radius 1 is 1.00 bits per heavy atom. The Balaban J connectivity index is 1.06. The van der Waals surface area contributed by atoms with Gasteiger partial charge in [-0.15, -0.1) is 10.2 Å². The van der Waals surface area contributed by atoms with Crippen LogP contribution < -0.4 is 10.5 Å². The number of epoxide rings is 2. The molecule has 3 aromatic heterocycles. The monoisotopic (exact) mass is 595 g/mol. The fourth-order valence-corrected chi connectivity index (χ4v) is 6.32. The lowest BCUT2D eigenvalue weighted by molar-refractivity contribution is 0.155. The molecule has 0 amide bonds. The van der Waals surface area contributed by atoms with Crippen LogP contribution in [0.15, 0.2) is 60.9 Å². The van der Waals surface area contributed by atoms with Gasteiger partial charge in [-0.25, -0.2) is 22.5 Å². The van der Waals surface area contributed by atoms with Crippen molar-refractivity contribution in [3.63, 3.8) is 0 Å². The smallest absolute Gasteiger partial charge is 0.216 e. The molecule has 0 saturated carbocycles. The van der Waals surface area contributed by atoms with Gasteiger partial charge in [0.05, 0.1) is 54.3 Å². The van der Waals surface area contributed by atoms with Crippen molar-refractivity contribution in [3.05, 3.63) is 89.3 Å². The van der Waals surface area contributed by atoms with Gasteiger partial charge in [0.1, 0.15) is 6.10 Å². The van der Waals surface area contributed by atoms with Gasteiger partial charge in [-0.1, -0.05) is 53.7 Å². The Morgan fingerprint density at radius 3 is 2.17 bits per heavy atom. The zero-order valence-electron chi connectivity index (χ0n) is 23.0. The maximum absolute atomic E-state index is 12.9. The lowest BCUT2D eigenvalue weighted by Gasteiger charge is -2.21. The molecule has 4 unspecified atom stereocenters. The summed E-state index contributed by atoms with van der Waals surface area (Å²) in [6.45, 7) is 3.09. The molecule has 4 N–H and O–H groups in total. The first-order chi connectivity index (χ1) is 20.1. The second-order valence-corrected chi connectivity index (χ2v) is 12.7. The van der Waals surface area contributed by atoms with E-state index in [-0.39, 0.29) is 30.8 Å². The number of nitrogens with one attached hydrogen (secondary N) is 1. The summed E-state index contributed by atoms with van der Waals surface area (Å²) in [5.74, 6) is -0.0138. The standard InChI is InChI=1S/C27H33N9O5S/c1-18(25-26(37)41-25)10-22-14-35(33-30-22)12-20-8-5-9-21(29-20)13-36-15-23(31-34-36)11-24(27(28)17-40-27)32-42(38,39)16-19-6-3-2-4-7-19/h2-9,14-15,18,24-26,32,37H,10-13,16-17,28H2,1H3/t18-,24?,25?,26?,27?/m0/s1. The van der Waals surface area contributed by atoms with Gasteiger partial charge < -0.3 is 20.3 Å². The zero-order valence-corrected chi connectivity index (χ0v) is 23.8. The van der Waals surface area contributed by atoms with Crippen molar-refractivity contribution in [1.29, 1.82) is 0 Å². The molecule has 0 aliphatic carbocycles. The highest BCUT2D eigenvalue weighted by molar-refractivity contribution is 7.88. The van der Waals surface area contributed by atoms with Gasteiger partial charge in [0.2, 0.25) is 10.0 Å². The molecule has 0 bridgehead atoms. The molecule has 6 rings (SSSR count). The molecule has 2 fully saturated rings. The number of nitrogens with zero attached hydrogens (tertiary/aromatic N) is 7. The Kier molecular flexibility index (Phi) is 7.87. The van der Waals surface area contributed by atoms with E-state index in [0.29, 0.717) is 30.8 Å². The van der Waals surface area contributed by atoms with Crippen LogP contribution in [0.25, 0.3) is 0 Å². The van der Waals surface area contributed by atoms with Gasteiger partial charge in [0, 0.05) is 18.8 Å². The molecule has 0 spiro atoms. The predicted octanol–water partition coefficient (Wildman–Crippen LogP) is -0.0271. The molecule has 222 valence electrons. The lowest BCUT2D eigenvalue weighted by atomic mass is 10.0. The van der Waals surface area contributed by atoms with Crippen molar-refractivity contribution in [2.45, 2.75) is 62.8 Å². The minimum Gasteiger partial charge on any atom is -0.366 e. The molecule has 2 aliphatic heterocycles. The number of hydrogen-bond acceptors (Lipinski definition) is 11. The van der Waals surface area contributed by atoms with Gasteiger partial charge >= 0.3 is 0 Å². The molecule has 4 aromatic rings. The van der Waals surface area contributed by atoms with Crippen molar-refractivity contribution >= 4 is 10.0 Å². The maximum Gasteiger partial charge on any atom is 0.216 e. The summed E-state index contributed by atoms with van der Waals surface area (Å²) in [5, 5.41) is 26.3. The van der Waals surface area contributed by atoms with E-state index >= 15 is 0 Å². The fraction of sp³-hybridized carbons (Fsp3) is 0.444. The average molecular weight is 596 g/mol. The van der Waals surface area contributed by atoms with Crippen LogP contribution in [0.4, 0.5) is 0 Å². The van der Waals surface area contributed by atoms with E-state index < -0.39 is 28.1 Å². The normalized spacial score (nSPS) is 23.0. The van der Waals surface area contributed by atoms with Crippen LogP contribution >= 0.6 is 0 Å². The minimum absolute atomic E-state index is 0.140.